The maximum atomic E-state index is 13.2. The summed E-state index contributed by atoms with van der Waals surface area (Å²) < 4.78 is 32.7. The third-order valence-corrected chi connectivity index (χ3v) is 6.98. The lowest BCUT2D eigenvalue weighted by molar-refractivity contribution is -0.142. The van der Waals surface area contributed by atoms with Crippen LogP contribution in [0.2, 0.25) is 0 Å². The molecule has 1 saturated heterocycles. The number of carboxylic acid groups (broad SMARTS) is 1. The van der Waals surface area contributed by atoms with E-state index in [2.05, 4.69) is 4.98 Å². The molecule has 2 aliphatic heterocycles. The molecule has 1 atom stereocenters. The first-order chi connectivity index (χ1) is 13.5. The van der Waals surface area contributed by atoms with Crippen LogP contribution in [0.5, 0.6) is 0 Å². The van der Waals surface area contributed by atoms with Crippen LogP contribution in [0.15, 0.2) is 47.5 Å². The smallest absolute Gasteiger partial charge is 0.326 e. The third kappa shape index (κ3) is 3.36. The van der Waals surface area contributed by atoms with Crippen molar-refractivity contribution < 1.29 is 23.1 Å². The van der Waals surface area contributed by atoms with E-state index in [1.807, 2.05) is 17.0 Å². The van der Waals surface area contributed by atoms with Crippen LogP contribution < -0.4 is 4.90 Å². The number of hydrogen-bond donors (Lipinski definition) is 1. The molecule has 0 saturated carbocycles. The van der Waals surface area contributed by atoms with E-state index in [0.717, 1.165) is 9.87 Å². The molecule has 1 aromatic carbocycles. The fraction of sp³-hybridized carbons (Fsp3) is 0.368. The number of rotatable bonds is 4. The zero-order valence-electron chi connectivity index (χ0n) is 15.2. The minimum absolute atomic E-state index is 0.00450. The minimum Gasteiger partial charge on any atom is -0.480 e. The number of benzene rings is 1. The summed E-state index contributed by atoms with van der Waals surface area (Å²) in [6.07, 6.45) is 1.78. The normalized spacial score (nSPS) is 20.6. The van der Waals surface area contributed by atoms with Gasteiger partial charge >= 0.3 is 5.97 Å². The average Bonchev–Trinajstić information content (AvgIpc) is 2.73. The standard InChI is InChI=1S/C19H21N3O5S/c23-19(24)18-16-4-2-1-3-14(16)7-8-22(18)28(25,26)15-5-6-17(20-13-15)21-9-11-27-12-10-21/h1-6,13,18H,7-12H2,(H,23,24). The van der Waals surface area contributed by atoms with Crippen molar-refractivity contribution in [1.82, 2.24) is 9.29 Å². The molecule has 1 aromatic heterocycles. The summed E-state index contributed by atoms with van der Waals surface area (Å²) in [5.41, 5.74) is 1.38. The summed E-state index contributed by atoms with van der Waals surface area (Å²) in [6.45, 7) is 2.72. The van der Waals surface area contributed by atoms with Crippen molar-refractivity contribution in [2.75, 3.05) is 37.7 Å². The summed E-state index contributed by atoms with van der Waals surface area (Å²) in [4.78, 5) is 18.2. The molecule has 1 fully saturated rings. The van der Waals surface area contributed by atoms with E-state index in [1.54, 1.807) is 18.2 Å². The molecule has 1 N–H and O–H groups in total. The van der Waals surface area contributed by atoms with E-state index in [4.69, 9.17) is 4.74 Å². The summed E-state index contributed by atoms with van der Waals surface area (Å²) in [5.74, 6) is -0.505. The van der Waals surface area contributed by atoms with Crippen LogP contribution in [0.25, 0.3) is 0 Å². The van der Waals surface area contributed by atoms with Gasteiger partial charge in [0.25, 0.3) is 0 Å². The van der Waals surface area contributed by atoms with Crippen molar-refractivity contribution in [2.24, 2.45) is 0 Å². The van der Waals surface area contributed by atoms with Crippen LogP contribution in [0, 0.1) is 0 Å². The molecule has 2 aromatic rings. The van der Waals surface area contributed by atoms with E-state index < -0.39 is 22.0 Å². The second kappa shape index (κ2) is 7.50. The Morgan fingerprint density at radius 2 is 1.86 bits per heavy atom. The Kier molecular flexibility index (Phi) is 5.05. The van der Waals surface area contributed by atoms with Gasteiger partial charge in [-0.25, -0.2) is 13.4 Å². The molecule has 1 unspecified atom stereocenters. The quantitative estimate of drug-likeness (QED) is 0.821. The SMILES string of the molecule is O=C(O)C1c2ccccc2CCN1S(=O)(=O)c1ccc(N2CCOCC2)nc1. The van der Waals surface area contributed by atoms with Crippen LogP contribution in [0.3, 0.4) is 0 Å². The molecule has 0 spiro atoms. The highest BCUT2D eigenvalue weighted by Gasteiger charge is 2.40. The van der Waals surface area contributed by atoms with Crippen molar-refractivity contribution in [1.29, 1.82) is 0 Å². The number of fused-ring (bicyclic) bond motifs is 1. The molecule has 148 valence electrons. The first kappa shape index (κ1) is 18.9. The fourth-order valence-electron chi connectivity index (χ4n) is 3.70. The first-order valence-electron chi connectivity index (χ1n) is 9.10. The highest BCUT2D eigenvalue weighted by Crippen LogP contribution is 2.34. The lowest BCUT2D eigenvalue weighted by Gasteiger charge is -2.33. The molecular weight excluding hydrogens is 382 g/mol. The number of hydrogen-bond acceptors (Lipinski definition) is 6. The summed E-state index contributed by atoms with van der Waals surface area (Å²) >= 11 is 0. The Morgan fingerprint density at radius 3 is 2.54 bits per heavy atom. The zero-order chi connectivity index (χ0) is 19.7. The number of pyridine rings is 1. The van der Waals surface area contributed by atoms with Crippen molar-refractivity contribution in [3.05, 3.63) is 53.7 Å². The van der Waals surface area contributed by atoms with E-state index in [9.17, 15) is 18.3 Å². The summed E-state index contributed by atoms with van der Waals surface area (Å²) in [5, 5.41) is 9.74. The molecule has 9 heteroatoms. The fourth-order valence-corrected chi connectivity index (χ4v) is 5.21. The molecule has 8 nitrogen and oxygen atoms in total. The number of morpholine rings is 1. The van der Waals surface area contributed by atoms with Gasteiger partial charge in [0, 0.05) is 25.8 Å². The summed E-state index contributed by atoms with van der Waals surface area (Å²) in [6, 6.07) is 8.98. The van der Waals surface area contributed by atoms with Crippen LogP contribution in [-0.4, -0.2) is 61.6 Å². The minimum atomic E-state index is -4.00. The van der Waals surface area contributed by atoms with Gasteiger partial charge in [-0.3, -0.25) is 4.79 Å². The van der Waals surface area contributed by atoms with Crippen molar-refractivity contribution in [3.63, 3.8) is 0 Å². The van der Waals surface area contributed by atoms with Crippen molar-refractivity contribution in [2.45, 2.75) is 17.4 Å². The molecule has 0 bridgehead atoms. The number of aliphatic carboxylic acids is 1. The Morgan fingerprint density at radius 1 is 1.11 bits per heavy atom. The lowest BCUT2D eigenvalue weighted by Crippen LogP contribution is -2.43. The topological polar surface area (TPSA) is 100 Å². The van der Waals surface area contributed by atoms with Crippen LogP contribution in [0.4, 0.5) is 5.82 Å². The maximum Gasteiger partial charge on any atom is 0.326 e. The molecule has 2 aliphatic rings. The Bertz CT molecular complexity index is 971. The molecule has 4 rings (SSSR count). The third-order valence-electron chi connectivity index (χ3n) is 5.14. The molecule has 0 amide bonds. The molecular formula is C19H21N3O5S. The number of anilines is 1. The number of nitrogens with zero attached hydrogens (tertiary/aromatic N) is 3. The van der Waals surface area contributed by atoms with Gasteiger partial charge in [0.05, 0.1) is 13.2 Å². The van der Waals surface area contributed by atoms with E-state index in [-0.39, 0.29) is 11.4 Å². The van der Waals surface area contributed by atoms with Gasteiger partial charge in [-0.05, 0) is 29.7 Å². The van der Waals surface area contributed by atoms with E-state index in [0.29, 0.717) is 44.1 Å². The number of sulfonamides is 1. The largest absolute Gasteiger partial charge is 0.480 e. The van der Waals surface area contributed by atoms with Crippen LogP contribution in [0.1, 0.15) is 17.2 Å². The highest BCUT2D eigenvalue weighted by atomic mass is 32.2. The van der Waals surface area contributed by atoms with Gasteiger partial charge in [0.15, 0.2) is 0 Å². The van der Waals surface area contributed by atoms with Crippen molar-refractivity contribution >= 4 is 21.8 Å². The van der Waals surface area contributed by atoms with Crippen molar-refractivity contribution in [3.8, 4) is 0 Å². The van der Waals surface area contributed by atoms with Gasteiger partial charge in [-0.2, -0.15) is 4.31 Å². The molecule has 3 heterocycles. The second-order valence-corrected chi connectivity index (χ2v) is 8.65. The maximum absolute atomic E-state index is 13.2. The predicted molar refractivity (Wildman–Crippen MR) is 102 cm³/mol. The van der Waals surface area contributed by atoms with Gasteiger partial charge in [-0.1, -0.05) is 24.3 Å². The second-order valence-electron chi connectivity index (χ2n) is 6.76. The predicted octanol–water partition coefficient (Wildman–Crippen LogP) is 1.29. The first-order valence-corrected chi connectivity index (χ1v) is 10.5. The Labute approximate surface area is 163 Å². The number of aromatic nitrogens is 1. The molecule has 28 heavy (non-hydrogen) atoms. The van der Waals surface area contributed by atoms with E-state index in [1.165, 1.54) is 12.3 Å². The van der Waals surface area contributed by atoms with Gasteiger partial charge in [0.2, 0.25) is 10.0 Å². The van der Waals surface area contributed by atoms with Crippen LogP contribution in [-0.2, 0) is 26.0 Å². The lowest BCUT2D eigenvalue weighted by atomic mass is 9.94. The van der Waals surface area contributed by atoms with Gasteiger partial charge < -0.3 is 14.7 Å². The molecule has 0 aliphatic carbocycles. The monoisotopic (exact) mass is 403 g/mol. The van der Waals surface area contributed by atoms with Gasteiger partial charge in [0.1, 0.15) is 16.8 Å². The Hall–Kier alpha value is -2.49. The highest BCUT2D eigenvalue weighted by molar-refractivity contribution is 7.89. The number of ether oxygens (including phenoxy) is 1. The summed E-state index contributed by atoms with van der Waals surface area (Å²) in [7, 11) is -4.00. The number of carbonyl (C=O) groups is 1. The van der Waals surface area contributed by atoms with Gasteiger partial charge in [-0.15, -0.1) is 0 Å². The zero-order valence-corrected chi connectivity index (χ0v) is 16.0. The number of carboxylic acids is 1. The average molecular weight is 403 g/mol. The van der Waals surface area contributed by atoms with Crippen LogP contribution >= 0.6 is 0 Å². The molecule has 0 radical (unpaired) electrons. The van der Waals surface area contributed by atoms with E-state index >= 15 is 0 Å². The Balaban J connectivity index is 1.65.